The molecule has 2 unspecified atom stereocenters. The maximum absolute atomic E-state index is 13.9. The number of allylic oxidation sites excluding steroid dienone is 1. The highest BCUT2D eigenvalue weighted by molar-refractivity contribution is 6.16. The predicted molar refractivity (Wildman–Crippen MR) is 151 cm³/mol. The molecule has 0 aliphatic heterocycles. The highest BCUT2D eigenvalue weighted by Crippen LogP contribution is 2.53. The third kappa shape index (κ3) is 4.94. The maximum atomic E-state index is 13.9. The molecule has 0 radical (unpaired) electrons. The van der Waals surface area contributed by atoms with Gasteiger partial charge >= 0.3 is 5.97 Å². The van der Waals surface area contributed by atoms with Crippen LogP contribution in [0.3, 0.4) is 0 Å². The third-order valence-corrected chi connectivity index (χ3v) is 8.73. The molecule has 228 valence electrons. The van der Waals surface area contributed by atoms with E-state index >= 15 is 0 Å². The standard InChI is InChI=1S/C31H34N2O10/c1-3-43-23(36)13-33-12-14-4-7-22(42-2)18(8-14)17-5-6-20(34)25-19(17)10-15-9-16-11-21(35)26(30(32)40)29(39)31(16,41)28(38)24(15)27(25)37/h4-8,15-16,21,26,33-35,38,41H,3,9-13H2,1-2H3,(H2,32,40)/t15-,16+,21?,26?,31+/m1/s1. The number of nitrogens with one attached hydrogen (secondary N) is 1. The number of amides is 1. The number of primary amides is 1. The van der Waals surface area contributed by atoms with Gasteiger partial charge in [0.2, 0.25) is 5.91 Å². The van der Waals surface area contributed by atoms with E-state index in [0.29, 0.717) is 29.0 Å². The number of carbonyl (C=O) groups is 4. The lowest BCUT2D eigenvalue weighted by Crippen LogP contribution is -2.63. The van der Waals surface area contributed by atoms with Gasteiger partial charge in [-0.25, -0.2) is 0 Å². The number of aliphatic hydroxyl groups is 3. The molecule has 1 fully saturated rings. The average molecular weight is 595 g/mol. The Morgan fingerprint density at radius 2 is 1.86 bits per heavy atom. The minimum Gasteiger partial charge on any atom is -0.508 e. The molecule has 3 aliphatic rings. The lowest BCUT2D eigenvalue weighted by atomic mass is 9.57. The van der Waals surface area contributed by atoms with Gasteiger partial charge in [0.05, 0.1) is 31.9 Å². The number of aliphatic hydroxyl groups excluding tert-OH is 2. The second-order valence-corrected chi connectivity index (χ2v) is 11.2. The Balaban J connectivity index is 1.56. The minimum absolute atomic E-state index is 0.0174. The van der Waals surface area contributed by atoms with Gasteiger partial charge in [-0.15, -0.1) is 0 Å². The zero-order valence-corrected chi connectivity index (χ0v) is 23.8. The highest BCUT2D eigenvalue weighted by atomic mass is 16.5. The number of Topliss-reactive ketones (excluding diaryl/α,β-unsaturated/α-hetero) is 2. The van der Waals surface area contributed by atoms with Gasteiger partial charge < -0.3 is 41.0 Å². The van der Waals surface area contributed by atoms with Gasteiger partial charge in [0.25, 0.3) is 0 Å². The summed E-state index contributed by atoms with van der Waals surface area (Å²) in [5.74, 6) is -7.52. The summed E-state index contributed by atoms with van der Waals surface area (Å²) in [5, 5.41) is 47.1. The lowest BCUT2D eigenvalue weighted by molar-refractivity contribution is -0.167. The number of hydrogen-bond donors (Lipinski definition) is 6. The van der Waals surface area contributed by atoms with E-state index < -0.39 is 52.7 Å². The molecule has 2 aromatic rings. The molecule has 12 nitrogen and oxygen atoms in total. The van der Waals surface area contributed by atoms with Crippen LogP contribution in [0, 0.1) is 17.8 Å². The molecule has 12 heteroatoms. The second kappa shape index (κ2) is 11.4. The molecule has 43 heavy (non-hydrogen) atoms. The normalized spacial score (nSPS) is 26.3. The molecule has 0 heterocycles. The van der Waals surface area contributed by atoms with E-state index in [0.717, 1.165) is 5.56 Å². The molecule has 1 amide bonds. The Morgan fingerprint density at radius 3 is 2.53 bits per heavy atom. The van der Waals surface area contributed by atoms with Crippen molar-refractivity contribution < 1.29 is 49.1 Å². The zero-order chi connectivity index (χ0) is 31.2. The van der Waals surface area contributed by atoms with Gasteiger partial charge in [0, 0.05) is 23.6 Å². The summed E-state index contributed by atoms with van der Waals surface area (Å²) in [7, 11) is 1.50. The summed E-state index contributed by atoms with van der Waals surface area (Å²) >= 11 is 0. The van der Waals surface area contributed by atoms with E-state index in [1.165, 1.54) is 13.2 Å². The summed E-state index contributed by atoms with van der Waals surface area (Å²) < 4.78 is 10.6. The van der Waals surface area contributed by atoms with Crippen LogP contribution in [0.25, 0.3) is 11.1 Å². The summed E-state index contributed by atoms with van der Waals surface area (Å²) in [6.45, 7) is 2.35. The molecule has 1 saturated carbocycles. The van der Waals surface area contributed by atoms with Gasteiger partial charge in [-0.2, -0.15) is 0 Å². The second-order valence-electron chi connectivity index (χ2n) is 11.2. The Labute approximate surface area is 247 Å². The van der Waals surface area contributed by atoms with Crippen molar-refractivity contribution in [3.8, 4) is 22.6 Å². The van der Waals surface area contributed by atoms with E-state index in [1.807, 2.05) is 12.1 Å². The number of benzene rings is 2. The van der Waals surface area contributed by atoms with Crippen molar-refractivity contribution in [2.75, 3.05) is 20.3 Å². The summed E-state index contributed by atoms with van der Waals surface area (Å²) in [6, 6.07) is 8.43. The molecule has 5 rings (SSSR count). The van der Waals surface area contributed by atoms with E-state index in [1.54, 1.807) is 19.1 Å². The van der Waals surface area contributed by atoms with Gasteiger partial charge in [-0.3, -0.25) is 19.2 Å². The van der Waals surface area contributed by atoms with Crippen molar-refractivity contribution >= 4 is 23.4 Å². The van der Waals surface area contributed by atoms with Crippen LogP contribution in [-0.4, -0.2) is 75.8 Å². The summed E-state index contributed by atoms with van der Waals surface area (Å²) in [5.41, 5.74) is 4.96. The number of esters is 1. The number of phenolic OH excluding ortho intramolecular Hbond substituents is 1. The number of carbonyl (C=O) groups excluding carboxylic acids is 4. The fraction of sp³-hybridized carbons (Fsp3) is 0.419. The number of hydrogen-bond acceptors (Lipinski definition) is 11. The van der Waals surface area contributed by atoms with Crippen LogP contribution < -0.4 is 15.8 Å². The number of rotatable bonds is 8. The average Bonchev–Trinajstić information content (AvgIpc) is 2.95. The molecule has 0 saturated heterocycles. The number of methoxy groups -OCH3 is 1. The number of ketones is 2. The molecule has 0 spiro atoms. The molecular formula is C31H34N2O10. The van der Waals surface area contributed by atoms with Crippen LogP contribution >= 0.6 is 0 Å². The monoisotopic (exact) mass is 594 g/mol. The number of ether oxygens (including phenoxy) is 2. The maximum Gasteiger partial charge on any atom is 0.319 e. The van der Waals surface area contributed by atoms with Crippen molar-refractivity contribution in [3.63, 3.8) is 0 Å². The number of fused-ring (bicyclic) bond motifs is 3. The molecule has 0 bridgehead atoms. The van der Waals surface area contributed by atoms with Crippen molar-refractivity contribution in [3.05, 3.63) is 58.4 Å². The van der Waals surface area contributed by atoms with Crippen molar-refractivity contribution in [2.24, 2.45) is 23.5 Å². The Kier molecular flexibility index (Phi) is 8.03. The van der Waals surface area contributed by atoms with Gasteiger partial charge in [-0.05, 0) is 67.0 Å². The minimum atomic E-state index is -2.57. The van der Waals surface area contributed by atoms with Crippen molar-refractivity contribution in [2.45, 2.75) is 44.4 Å². The molecule has 2 aromatic carbocycles. The van der Waals surface area contributed by atoms with Gasteiger partial charge in [0.1, 0.15) is 23.2 Å². The quantitative estimate of drug-likeness (QED) is 0.188. The first kappa shape index (κ1) is 30.2. The van der Waals surface area contributed by atoms with Crippen molar-refractivity contribution in [1.29, 1.82) is 0 Å². The van der Waals surface area contributed by atoms with Crippen LogP contribution in [0.1, 0.15) is 41.3 Å². The molecular weight excluding hydrogens is 560 g/mol. The van der Waals surface area contributed by atoms with Gasteiger partial charge in [0.15, 0.2) is 17.2 Å². The fourth-order valence-electron chi connectivity index (χ4n) is 6.78. The largest absolute Gasteiger partial charge is 0.508 e. The Hall–Kier alpha value is -4.26. The zero-order valence-electron chi connectivity index (χ0n) is 23.8. The lowest BCUT2D eigenvalue weighted by Gasteiger charge is -2.48. The summed E-state index contributed by atoms with van der Waals surface area (Å²) in [4.78, 5) is 50.8. The van der Waals surface area contributed by atoms with Crippen LogP contribution in [-0.2, 0) is 32.1 Å². The smallest absolute Gasteiger partial charge is 0.319 e. The van der Waals surface area contributed by atoms with Crippen LogP contribution in [0.4, 0.5) is 0 Å². The van der Waals surface area contributed by atoms with E-state index in [2.05, 4.69) is 5.32 Å². The predicted octanol–water partition coefficient (Wildman–Crippen LogP) is 1.07. The van der Waals surface area contributed by atoms with E-state index in [9.17, 15) is 39.6 Å². The molecule has 0 aromatic heterocycles. The topological polar surface area (TPSA) is 206 Å². The first-order valence-electron chi connectivity index (χ1n) is 14.0. The Bertz CT molecular complexity index is 1550. The summed E-state index contributed by atoms with van der Waals surface area (Å²) in [6.07, 6.45) is -1.42. The van der Waals surface area contributed by atoms with Crippen LogP contribution in [0.15, 0.2) is 41.7 Å². The number of nitrogens with two attached hydrogens (primary N) is 1. The Morgan fingerprint density at radius 1 is 1.12 bits per heavy atom. The first-order valence-corrected chi connectivity index (χ1v) is 14.0. The highest BCUT2D eigenvalue weighted by Gasteiger charge is 2.62. The first-order chi connectivity index (χ1) is 20.4. The van der Waals surface area contributed by atoms with E-state index in [-0.39, 0.29) is 55.3 Å². The fourth-order valence-corrected chi connectivity index (χ4v) is 6.78. The molecule has 7 N–H and O–H groups in total. The molecule has 3 aliphatic carbocycles. The third-order valence-electron chi connectivity index (χ3n) is 8.73. The van der Waals surface area contributed by atoms with E-state index in [4.69, 9.17) is 15.2 Å². The molecule has 5 atom stereocenters. The van der Waals surface area contributed by atoms with Crippen LogP contribution in [0.2, 0.25) is 0 Å². The van der Waals surface area contributed by atoms with Crippen molar-refractivity contribution in [1.82, 2.24) is 5.32 Å². The SMILES string of the molecule is CCOC(=O)CNCc1ccc(OC)c(-c2ccc(O)c3c2C[C@H]2C[C@H]4CC(O)C(C(N)=O)C(=O)[C@@]4(O)C(O)=C2C3=O)c1. The number of aromatic hydroxyl groups is 1. The number of phenols is 1. The van der Waals surface area contributed by atoms with Gasteiger partial charge in [-0.1, -0.05) is 12.1 Å². The van der Waals surface area contributed by atoms with Crippen LogP contribution in [0.5, 0.6) is 11.5 Å².